The average Bonchev–Trinajstić information content (AvgIpc) is 3.45. The number of nitrogens with one attached hydrogen (secondary N) is 2. The maximum Gasteiger partial charge on any atom is 0.231 e. The molecule has 0 radical (unpaired) electrons. The summed E-state index contributed by atoms with van der Waals surface area (Å²) in [4.78, 5) is 18.7. The van der Waals surface area contributed by atoms with Crippen LogP contribution in [0, 0.1) is 0 Å². The SMILES string of the molecule is O=C(C[C@@H](c1ccc2c(c1)OCO2)c1c[nH]c2ccccc12)NCCN1CCCCC1. The molecule has 5 rings (SSSR count). The van der Waals surface area contributed by atoms with Gasteiger partial charge in [0, 0.05) is 42.5 Å². The van der Waals surface area contributed by atoms with Crippen molar-refractivity contribution in [2.24, 2.45) is 0 Å². The lowest BCUT2D eigenvalue weighted by molar-refractivity contribution is -0.121. The predicted octanol–water partition coefficient (Wildman–Crippen LogP) is 4.02. The van der Waals surface area contributed by atoms with Crippen molar-refractivity contribution in [2.75, 3.05) is 33.0 Å². The first-order valence-corrected chi connectivity index (χ1v) is 11.2. The third-order valence-electron chi connectivity index (χ3n) is 6.38. The number of aromatic amines is 1. The minimum atomic E-state index is -0.0689. The number of nitrogens with zero attached hydrogens (tertiary/aromatic N) is 1. The number of carbonyl (C=O) groups excluding carboxylic acids is 1. The average molecular weight is 420 g/mol. The number of hydrogen-bond donors (Lipinski definition) is 2. The van der Waals surface area contributed by atoms with Crippen molar-refractivity contribution < 1.29 is 14.3 Å². The van der Waals surface area contributed by atoms with E-state index in [2.05, 4.69) is 27.3 Å². The van der Waals surface area contributed by atoms with E-state index in [-0.39, 0.29) is 18.6 Å². The maximum absolute atomic E-state index is 12.9. The van der Waals surface area contributed by atoms with Crippen LogP contribution in [0.15, 0.2) is 48.7 Å². The number of fused-ring (bicyclic) bond motifs is 2. The van der Waals surface area contributed by atoms with Crippen molar-refractivity contribution >= 4 is 16.8 Å². The van der Waals surface area contributed by atoms with Crippen LogP contribution in [0.1, 0.15) is 42.7 Å². The van der Waals surface area contributed by atoms with Crippen LogP contribution in [0.2, 0.25) is 0 Å². The molecule has 1 fully saturated rings. The molecule has 2 aromatic carbocycles. The van der Waals surface area contributed by atoms with E-state index in [0.29, 0.717) is 13.0 Å². The van der Waals surface area contributed by atoms with E-state index < -0.39 is 0 Å². The molecule has 2 aliphatic heterocycles. The van der Waals surface area contributed by atoms with Crippen LogP contribution in [-0.4, -0.2) is 48.8 Å². The topological polar surface area (TPSA) is 66.6 Å². The zero-order valence-corrected chi connectivity index (χ0v) is 17.7. The molecule has 0 saturated carbocycles. The molecular weight excluding hydrogens is 390 g/mol. The Kier molecular flexibility index (Phi) is 5.80. The first-order chi connectivity index (χ1) is 15.3. The number of carbonyl (C=O) groups is 1. The van der Waals surface area contributed by atoms with Crippen LogP contribution in [0.3, 0.4) is 0 Å². The second-order valence-corrected chi connectivity index (χ2v) is 8.41. The third-order valence-corrected chi connectivity index (χ3v) is 6.38. The summed E-state index contributed by atoms with van der Waals surface area (Å²) in [6, 6.07) is 14.2. The number of benzene rings is 2. The molecule has 0 unspecified atom stereocenters. The van der Waals surface area contributed by atoms with Crippen LogP contribution >= 0.6 is 0 Å². The van der Waals surface area contributed by atoms with Gasteiger partial charge in [0.15, 0.2) is 11.5 Å². The van der Waals surface area contributed by atoms with Crippen molar-refractivity contribution in [3.8, 4) is 11.5 Å². The highest BCUT2D eigenvalue weighted by molar-refractivity contribution is 5.86. The quantitative estimate of drug-likeness (QED) is 0.607. The standard InChI is InChI=1S/C25H29N3O3/c29-25(26-10-13-28-11-4-1-5-12-28)15-20(18-8-9-23-24(14-18)31-17-30-23)21-16-27-22-7-3-2-6-19(21)22/h2-3,6-9,14,16,20,27H,1,4-5,10-13,15,17H2,(H,26,29)/t20-/m0/s1. The van der Waals surface area contributed by atoms with Gasteiger partial charge in [-0.15, -0.1) is 0 Å². The Morgan fingerprint density at radius 1 is 1.06 bits per heavy atom. The Hall–Kier alpha value is -2.99. The second-order valence-electron chi connectivity index (χ2n) is 8.41. The Morgan fingerprint density at radius 3 is 2.81 bits per heavy atom. The van der Waals surface area contributed by atoms with Gasteiger partial charge in [0.2, 0.25) is 12.7 Å². The molecule has 162 valence electrons. The number of rotatable bonds is 7. The predicted molar refractivity (Wildman–Crippen MR) is 121 cm³/mol. The lowest BCUT2D eigenvalue weighted by Crippen LogP contribution is -2.38. The first-order valence-electron chi connectivity index (χ1n) is 11.2. The summed E-state index contributed by atoms with van der Waals surface area (Å²) < 4.78 is 11.1. The molecule has 2 aliphatic rings. The molecule has 1 aromatic heterocycles. The molecule has 2 N–H and O–H groups in total. The molecule has 3 heterocycles. The van der Waals surface area contributed by atoms with Crippen molar-refractivity contribution in [2.45, 2.75) is 31.6 Å². The van der Waals surface area contributed by atoms with E-state index in [1.54, 1.807) is 0 Å². The maximum atomic E-state index is 12.9. The number of piperidine rings is 1. The second kappa shape index (κ2) is 9.02. The zero-order valence-electron chi connectivity index (χ0n) is 17.7. The highest BCUT2D eigenvalue weighted by atomic mass is 16.7. The van der Waals surface area contributed by atoms with Gasteiger partial charge in [0.25, 0.3) is 0 Å². The van der Waals surface area contributed by atoms with Crippen LogP contribution in [0.25, 0.3) is 10.9 Å². The lowest BCUT2D eigenvalue weighted by atomic mass is 9.87. The van der Waals surface area contributed by atoms with Gasteiger partial charge in [0.1, 0.15) is 0 Å². The van der Waals surface area contributed by atoms with Crippen LogP contribution in [0.4, 0.5) is 0 Å². The fraction of sp³-hybridized carbons (Fsp3) is 0.400. The fourth-order valence-electron chi connectivity index (χ4n) is 4.71. The Morgan fingerprint density at radius 2 is 1.90 bits per heavy atom. The van der Waals surface area contributed by atoms with Crippen LogP contribution < -0.4 is 14.8 Å². The minimum Gasteiger partial charge on any atom is -0.454 e. The fourth-order valence-corrected chi connectivity index (χ4v) is 4.71. The highest BCUT2D eigenvalue weighted by Gasteiger charge is 2.24. The van der Waals surface area contributed by atoms with Crippen molar-refractivity contribution in [3.05, 3.63) is 59.8 Å². The van der Waals surface area contributed by atoms with Crippen molar-refractivity contribution in [3.63, 3.8) is 0 Å². The van der Waals surface area contributed by atoms with Gasteiger partial charge in [-0.25, -0.2) is 0 Å². The molecule has 6 nitrogen and oxygen atoms in total. The minimum absolute atomic E-state index is 0.0689. The summed E-state index contributed by atoms with van der Waals surface area (Å²) in [5.74, 6) is 1.51. The number of ether oxygens (including phenoxy) is 2. The molecule has 6 heteroatoms. The third kappa shape index (κ3) is 4.39. The van der Waals surface area contributed by atoms with Gasteiger partial charge in [-0.3, -0.25) is 4.79 Å². The first kappa shape index (κ1) is 19.9. The van der Waals surface area contributed by atoms with Crippen molar-refractivity contribution in [1.82, 2.24) is 15.2 Å². The van der Waals surface area contributed by atoms with E-state index in [1.165, 1.54) is 19.3 Å². The highest BCUT2D eigenvalue weighted by Crippen LogP contribution is 2.39. The van der Waals surface area contributed by atoms with Gasteiger partial charge in [-0.1, -0.05) is 30.7 Å². The molecule has 0 spiro atoms. The van der Waals surface area contributed by atoms with Gasteiger partial charge in [0.05, 0.1) is 0 Å². The summed E-state index contributed by atoms with van der Waals surface area (Å²) in [6.07, 6.45) is 6.27. The van der Waals surface area contributed by atoms with Gasteiger partial charge in [-0.2, -0.15) is 0 Å². The smallest absolute Gasteiger partial charge is 0.231 e. The van der Waals surface area contributed by atoms with Crippen LogP contribution in [0.5, 0.6) is 11.5 Å². The molecule has 31 heavy (non-hydrogen) atoms. The monoisotopic (exact) mass is 419 g/mol. The van der Waals surface area contributed by atoms with E-state index >= 15 is 0 Å². The largest absolute Gasteiger partial charge is 0.454 e. The Balaban J connectivity index is 1.34. The summed E-state index contributed by atoms with van der Waals surface area (Å²) in [7, 11) is 0. The van der Waals surface area contributed by atoms with Crippen molar-refractivity contribution in [1.29, 1.82) is 0 Å². The molecule has 3 aromatic rings. The van der Waals surface area contributed by atoms with E-state index in [0.717, 1.165) is 53.2 Å². The van der Waals surface area contributed by atoms with E-state index in [1.807, 2.05) is 36.5 Å². The summed E-state index contributed by atoms with van der Waals surface area (Å²) in [5.41, 5.74) is 3.26. The molecule has 1 atom stereocenters. The Labute approximate surface area is 182 Å². The molecule has 0 aliphatic carbocycles. The molecule has 1 amide bonds. The number of para-hydroxylation sites is 1. The summed E-state index contributed by atoms with van der Waals surface area (Å²) in [6.45, 7) is 4.15. The molecular formula is C25H29N3O3. The van der Waals surface area contributed by atoms with Gasteiger partial charge < -0.3 is 24.7 Å². The van der Waals surface area contributed by atoms with Crippen LogP contribution in [-0.2, 0) is 4.79 Å². The lowest BCUT2D eigenvalue weighted by Gasteiger charge is -2.26. The molecule has 0 bridgehead atoms. The molecule has 1 saturated heterocycles. The Bertz CT molecular complexity index is 1060. The summed E-state index contributed by atoms with van der Waals surface area (Å²) >= 11 is 0. The van der Waals surface area contributed by atoms with Gasteiger partial charge >= 0.3 is 0 Å². The normalized spacial score (nSPS) is 17.0. The number of amides is 1. The van der Waals surface area contributed by atoms with Gasteiger partial charge in [-0.05, 0) is 55.3 Å². The zero-order chi connectivity index (χ0) is 21.0. The number of H-pyrrole nitrogens is 1. The summed E-state index contributed by atoms with van der Waals surface area (Å²) in [5, 5.41) is 4.29. The van der Waals surface area contributed by atoms with E-state index in [4.69, 9.17) is 9.47 Å². The van der Waals surface area contributed by atoms with E-state index in [9.17, 15) is 4.79 Å². The number of likely N-dealkylation sites (tertiary alicyclic amines) is 1. The number of aromatic nitrogens is 1. The number of hydrogen-bond acceptors (Lipinski definition) is 4.